The van der Waals surface area contributed by atoms with Gasteiger partial charge in [0.2, 0.25) is 0 Å². The van der Waals surface area contributed by atoms with Crippen LogP contribution in [0.1, 0.15) is 15.9 Å². The molecule has 0 spiro atoms. The Labute approximate surface area is 99.6 Å². The standard InChI is InChI=1S/C12H14ClNO2/c13-7-10(15)8-14-6-5-9-3-1-2-4-11(9)12(14)16/h1-4,10,15H,5-8H2. The number of alkyl halides is 1. The van der Waals surface area contributed by atoms with E-state index in [2.05, 4.69) is 0 Å². The average Bonchev–Trinajstić information content (AvgIpc) is 2.33. The van der Waals surface area contributed by atoms with E-state index in [1.54, 1.807) is 4.90 Å². The molecular formula is C12H14ClNO2. The van der Waals surface area contributed by atoms with E-state index in [0.29, 0.717) is 13.1 Å². The first kappa shape index (κ1) is 11.4. The van der Waals surface area contributed by atoms with Crippen LogP contribution in [0.2, 0.25) is 0 Å². The highest BCUT2D eigenvalue weighted by Crippen LogP contribution is 2.18. The minimum atomic E-state index is -0.643. The van der Waals surface area contributed by atoms with Gasteiger partial charge in [-0.15, -0.1) is 11.6 Å². The normalized spacial score (nSPS) is 17.1. The van der Waals surface area contributed by atoms with E-state index in [9.17, 15) is 9.90 Å². The van der Waals surface area contributed by atoms with Gasteiger partial charge in [0.1, 0.15) is 0 Å². The first-order chi connectivity index (χ1) is 7.72. The molecule has 1 aliphatic rings. The third-order valence-corrected chi connectivity index (χ3v) is 3.15. The van der Waals surface area contributed by atoms with Gasteiger partial charge in [-0.25, -0.2) is 0 Å². The summed E-state index contributed by atoms with van der Waals surface area (Å²) < 4.78 is 0. The summed E-state index contributed by atoms with van der Waals surface area (Å²) in [5, 5.41) is 9.45. The van der Waals surface area contributed by atoms with Crippen LogP contribution in [0.15, 0.2) is 24.3 Å². The van der Waals surface area contributed by atoms with E-state index in [1.165, 1.54) is 0 Å². The fraction of sp³-hybridized carbons (Fsp3) is 0.417. The van der Waals surface area contributed by atoms with Gasteiger partial charge in [-0.1, -0.05) is 18.2 Å². The Hall–Kier alpha value is -1.06. The monoisotopic (exact) mass is 239 g/mol. The molecule has 4 heteroatoms. The van der Waals surface area contributed by atoms with Gasteiger partial charge in [-0.05, 0) is 18.1 Å². The van der Waals surface area contributed by atoms with Gasteiger partial charge in [0.05, 0.1) is 12.0 Å². The predicted molar refractivity (Wildman–Crippen MR) is 62.8 cm³/mol. The summed E-state index contributed by atoms with van der Waals surface area (Å²) in [5.41, 5.74) is 1.83. The Morgan fingerprint density at radius 3 is 2.94 bits per heavy atom. The van der Waals surface area contributed by atoms with Crippen LogP contribution in [0.25, 0.3) is 0 Å². The summed E-state index contributed by atoms with van der Waals surface area (Å²) >= 11 is 5.53. The molecule has 1 aliphatic heterocycles. The lowest BCUT2D eigenvalue weighted by Crippen LogP contribution is -2.42. The van der Waals surface area contributed by atoms with Crippen molar-refractivity contribution in [3.8, 4) is 0 Å². The Kier molecular flexibility index (Phi) is 3.46. The van der Waals surface area contributed by atoms with E-state index < -0.39 is 6.10 Å². The Bertz CT molecular complexity index is 394. The number of amides is 1. The predicted octanol–water partition coefficient (Wildman–Crippen LogP) is 1.28. The molecule has 1 atom stereocenters. The first-order valence-corrected chi connectivity index (χ1v) is 5.87. The number of carbonyl (C=O) groups excluding carboxylic acids is 1. The number of benzene rings is 1. The topological polar surface area (TPSA) is 40.5 Å². The van der Waals surface area contributed by atoms with Crippen molar-refractivity contribution in [3.63, 3.8) is 0 Å². The van der Waals surface area contributed by atoms with Gasteiger partial charge in [0.15, 0.2) is 0 Å². The lowest BCUT2D eigenvalue weighted by atomic mass is 9.99. The number of rotatable bonds is 3. The van der Waals surface area contributed by atoms with Crippen LogP contribution in [0.5, 0.6) is 0 Å². The maximum atomic E-state index is 12.0. The third-order valence-electron chi connectivity index (χ3n) is 2.80. The molecule has 0 aliphatic carbocycles. The van der Waals surface area contributed by atoms with Crippen LogP contribution in [0, 0.1) is 0 Å². The summed E-state index contributed by atoms with van der Waals surface area (Å²) in [5.74, 6) is 0.150. The number of halogens is 1. The van der Waals surface area contributed by atoms with Crippen molar-refractivity contribution >= 4 is 17.5 Å². The number of nitrogens with zero attached hydrogens (tertiary/aromatic N) is 1. The maximum Gasteiger partial charge on any atom is 0.254 e. The second-order valence-electron chi connectivity index (χ2n) is 3.97. The molecule has 3 nitrogen and oxygen atoms in total. The molecule has 1 aromatic carbocycles. The van der Waals surface area contributed by atoms with Crippen LogP contribution >= 0.6 is 11.6 Å². The summed E-state index contributed by atoms with van der Waals surface area (Å²) in [6.07, 6.45) is 0.201. The molecule has 0 saturated heterocycles. The zero-order valence-electron chi connectivity index (χ0n) is 8.90. The van der Waals surface area contributed by atoms with Gasteiger partial charge in [-0.3, -0.25) is 4.79 Å². The van der Waals surface area contributed by atoms with Crippen molar-refractivity contribution in [3.05, 3.63) is 35.4 Å². The van der Waals surface area contributed by atoms with E-state index in [4.69, 9.17) is 11.6 Å². The molecule has 1 N–H and O–H groups in total. The minimum absolute atomic E-state index is 0.00832. The molecule has 1 unspecified atom stereocenters. The second kappa shape index (κ2) is 4.85. The fourth-order valence-corrected chi connectivity index (χ4v) is 2.05. The number of hydrogen-bond donors (Lipinski definition) is 1. The summed E-state index contributed by atoms with van der Waals surface area (Å²) in [6, 6.07) is 7.60. The highest BCUT2D eigenvalue weighted by Gasteiger charge is 2.24. The molecule has 0 bridgehead atoms. The van der Waals surface area contributed by atoms with Gasteiger partial charge < -0.3 is 10.0 Å². The number of fused-ring (bicyclic) bond motifs is 1. The zero-order valence-corrected chi connectivity index (χ0v) is 9.65. The first-order valence-electron chi connectivity index (χ1n) is 5.33. The van der Waals surface area contributed by atoms with Crippen LogP contribution < -0.4 is 0 Å². The number of β-amino-alcohol motifs (C(OH)–C–C–N with tert-alkyl or cyclic N) is 1. The van der Waals surface area contributed by atoms with E-state index in [-0.39, 0.29) is 11.8 Å². The SMILES string of the molecule is O=C1c2ccccc2CCN1CC(O)CCl. The van der Waals surface area contributed by atoms with E-state index in [1.807, 2.05) is 24.3 Å². The molecule has 1 amide bonds. The number of aliphatic hydroxyl groups excluding tert-OH is 1. The van der Waals surface area contributed by atoms with Gasteiger partial charge in [0, 0.05) is 18.7 Å². The van der Waals surface area contributed by atoms with Crippen LogP contribution in [0.4, 0.5) is 0 Å². The van der Waals surface area contributed by atoms with Crippen LogP contribution in [-0.2, 0) is 6.42 Å². The van der Waals surface area contributed by atoms with Crippen molar-refractivity contribution in [2.75, 3.05) is 19.0 Å². The summed E-state index contributed by atoms with van der Waals surface area (Å²) in [4.78, 5) is 13.7. The average molecular weight is 240 g/mol. The number of carbonyl (C=O) groups is 1. The molecule has 1 aromatic rings. The molecular weight excluding hydrogens is 226 g/mol. The lowest BCUT2D eigenvalue weighted by Gasteiger charge is -2.29. The Morgan fingerprint density at radius 2 is 2.19 bits per heavy atom. The van der Waals surface area contributed by atoms with Gasteiger partial charge in [0.25, 0.3) is 5.91 Å². The quantitative estimate of drug-likeness (QED) is 0.808. The Morgan fingerprint density at radius 1 is 1.44 bits per heavy atom. The van der Waals surface area contributed by atoms with Crippen LogP contribution in [0.3, 0.4) is 0 Å². The van der Waals surface area contributed by atoms with Crippen molar-refractivity contribution in [2.24, 2.45) is 0 Å². The highest BCUT2D eigenvalue weighted by molar-refractivity contribution is 6.18. The second-order valence-corrected chi connectivity index (χ2v) is 4.28. The number of hydrogen-bond acceptors (Lipinski definition) is 2. The molecule has 0 aromatic heterocycles. The van der Waals surface area contributed by atoms with E-state index >= 15 is 0 Å². The van der Waals surface area contributed by atoms with Crippen molar-refractivity contribution in [2.45, 2.75) is 12.5 Å². The zero-order chi connectivity index (χ0) is 11.5. The molecule has 0 radical (unpaired) electrons. The third kappa shape index (κ3) is 2.20. The molecule has 1 heterocycles. The maximum absolute atomic E-state index is 12.0. The smallest absolute Gasteiger partial charge is 0.254 e. The fourth-order valence-electron chi connectivity index (χ4n) is 1.95. The van der Waals surface area contributed by atoms with E-state index in [0.717, 1.165) is 17.5 Å². The molecule has 86 valence electrons. The molecule has 16 heavy (non-hydrogen) atoms. The highest BCUT2D eigenvalue weighted by atomic mass is 35.5. The molecule has 0 fully saturated rings. The summed E-state index contributed by atoms with van der Waals surface area (Å²) in [7, 11) is 0. The molecule has 0 saturated carbocycles. The van der Waals surface area contributed by atoms with Crippen molar-refractivity contribution in [1.29, 1.82) is 0 Å². The lowest BCUT2D eigenvalue weighted by molar-refractivity contribution is 0.0634. The Balaban J connectivity index is 2.15. The minimum Gasteiger partial charge on any atom is -0.390 e. The van der Waals surface area contributed by atoms with Gasteiger partial charge >= 0.3 is 0 Å². The molecule has 2 rings (SSSR count). The van der Waals surface area contributed by atoms with Crippen LogP contribution in [-0.4, -0.2) is 41.0 Å². The largest absolute Gasteiger partial charge is 0.390 e. The number of aliphatic hydroxyl groups is 1. The van der Waals surface area contributed by atoms with Crippen molar-refractivity contribution in [1.82, 2.24) is 4.90 Å². The van der Waals surface area contributed by atoms with Gasteiger partial charge in [-0.2, -0.15) is 0 Å². The summed E-state index contributed by atoms with van der Waals surface area (Å²) in [6.45, 7) is 0.973. The van der Waals surface area contributed by atoms with Crippen molar-refractivity contribution < 1.29 is 9.90 Å².